The molecule has 0 aromatic heterocycles. The second-order valence-corrected chi connectivity index (χ2v) is 6.04. The van der Waals surface area contributed by atoms with Crippen molar-refractivity contribution in [3.8, 4) is 5.75 Å². The van der Waals surface area contributed by atoms with Crippen molar-refractivity contribution in [3.63, 3.8) is 0 Å². The fourth-order valence-corrected chi connectivity index (χ4v) is 2.38. The third-order valence-electron chi connectivity index (χ3n) is 3.90. The summed E-state index contributed by atoms with van der Waals surface area (Å²) >= 11 is 0. The van der Waals surface area contributed by atoms with Gasteiger partial charge >= 0.3 is 11.7 Å². The Kier molecular flexibility index (Phi) is 7.02. The Bertz CT molecular complexity index is 938. The third-order valence-corrected chi connectivity index (χ3v) is 3.90. The molecule has 0 aliphatic rings. The van der Waals surface area contributed by atoms with Gasteiger partial charge in [-0.15, -0.1) is 0 Å². The zero-order valence-corrected chi connectivity index (χ0v) is 16.1. The average molecular weight is 400 g/mol. The van der Waals surface area contributed by atoms with Gasteiger partial charge in [0.1, 0.15) is 0 Å². The molecule has 2 aromatic rings. The van der Waals surface area contributed by atoms with Gasteiger partial charge in [-0.3, -0.25) is 19.7 Å². The van der Waals surface area contributed by atoms with E-state index in [1.165, 1.54) is 26.0 Å². The lowest BCUT2D eigenvalue weighted by molar-refractivity contribution is -0.385. The minimum absolute atomic E-state index is 0.0360. The number of carbonyl (C=O) groups excluding carboxylic acids is 3. The Labute approximate surface area is 166 Å². The van der Waals surface area contributed by atoms with Gasteiger partial charge in [0.25, 0.3) is 5.91 Å². The summed E-state index contributed by atoms with van der Waals surface area (Å²) in [5.74, 6) is -1.54. The van der Waals surface area contributed by atoms with Crippen molar-refractivity contribution < 1.29 is 28.8 Å². The molecule has 1 N–H and O–H groups in total. The van der Waals surface area contributed by atoms with Crippen LogP contribution >= 0.6 is 0 Å². The number of benzene rings is 2. The van der Waals surface area contributed by atoms with Crippen molar-refractivity contribution in [2.45, 2.75) is 26.9 Å². The minimum Gasteiger partial charge on any atom is -0.487 e. The van der Waals surface area contributed by atoms with E-state index < -0.39 is 22.9 Å². The summed E-state index contributed by atoms with van der Waals surface area (Å²) in [5, 5.41) is 13.7. The van der Waals surface area contributed by atoms with Crippen molar-refractivity contribution in [1.29, 1.82) is 0 Å². The molecule has 0 saturated carbocycles. The van der Waals surface area contributed by atoms with Crippen LogP contribution in [-0.4, -0.2) is 35.3 Å². The van der Waals surface area contributed by atoms with Gasteiger partial charge in [0.2, 0.25) is 0 Å². The predicted octanol–water partition coefficient (Wildman–Crippen LogP) is 3.38. The number of nitrogens with one attached hydrogen (secondary N) is 1. The summed E-state index contributed by atoms with van der Waals surface area (Å²) in [5.41, 5.74) is 0.480. The SMILES string of the molecule is CCOc1ccc(C(=O)O[C@@H](C)C(=O)Nc2ccc(C(C)=O)cc2)cc1[N+](=O)[O-]. The number of carbonyl (C=O) groups is 3. The van der Waals surface area contributed by atoms with E-state index in [2.05, 4.69) is 5.32 Å². The van der Waals surface area contributed by atoms with Crippen LogP contribution in [0.1, 0.15) is 41.5 Å². The molecule has 0 fully saturated rings. The fourth-order valence-electron chi connectivity index (χ4n) is 2.38. The van der Waals surface area contributed by atoms with Gasteiger partial charge < -0.3 is 14.8 Å². The number of hydrogen-bond acceptors (Lipinski definition) is 7. The highest BCUT2D eigenvalue weighted by Crippen LogP contribution is 2.28. The Hall–Kier alpha value is -3.75. The highest BCUT2D eigenvalue weighted by molar-refractivity contribution is 5.98. The first-order valence-corrected chi connectivity index (χ1v) is 8.77. The minimum atomic E-state index is -1.15. The largest absolute Gasteiger partial charge is 0.487 e. The number of Topliss-reactive ketones (excluding diaryl/α,β-unsaturated/α-hetero) is 1. The lowest BCUT2D eigenvalue weighted by Gasteiger charge is -2.14. The third kappa shape index (κ3) is 5.61. The van der Waals surface area contributed by atoms with Crippen LogP contribution in [0.15, 0.2) is 42.5 Å². The molecular weight excluding hydrogens is 380 g/mol. The van der Waals surface area contributed by atoms with Gasteiger partial charge in [-0.05, 0) is 57.2 Å². The zero-order valence-electron chi connectivity index (χ0n) is 16.1. The molecule has 0 bridgehead atoms. The van der Waals surface area contributed by atoms with Gasteiger partial charge in [-0.25, -0.2) is 4.79 Å². The summed E-state index contributed by atoms with van der Waals surface area (Å²) < 4.78 is 10.3. The number of nitrogens with zero attached hydrogens (tertiary/aromatic N) is 1. The number of ether oxygens (including phenoxy) is 2. The molecule has 0 aliphatic heterocycles. The molecule has 2 aromatic carbocycles. The van der Waals surface area contributed by atoms with Crippen molar-refractivity contribution in [2.75, 3.05) is 11.9 Å². The first-order valence-electron chi connectivity index (χ1n) is 8.77. The molecule has 1 amide bonds. The zero-order chi connectivity index (χ0) is 21.6. The lowest BCUT2D eigenvalue weighted by Crippen LogP contribution is -2.30. The Morgan fingerprint density at radius 1 is 1.10 bits per heavy atom. The quantitative estimate of drug-likeness (QED) is 0.312. The van der Waals surface area contributed by atoms with Crippen LogP contribution in [0.4, 0.5) is 11.4 Å². The smallest absolute Gasteiger partial charge is 0.339 e. The maximum absolute atomic E-state index is 12.3. The highest BCUT2D eigenvalue weighted by Gasteiger charge is 2.23. The number of hydrogen-bond donors (Lipinski definition) is 1. The number of anilines is 1. The summed E-state index contributed by atoms with van der Waals surface area (Å²) in [6.45, 7) is 4.72. The highest BCUT2D eigenvalue weighted by atomic mass is 16.6. The van der Waals surface area contributed by atoms with E-state index in [9.17, 15) is 24.5 Å². The van der Waals surface area contributed by atoms with Crippen LogP contribution in [0.3, 0.4) is 0 Å². The van der Waals surface area contributed by atoms with Crippen LogP contribution in [0.2, 0.25) is 0 Å². The van der Waals surface area contributed by atoms with Crippen molar-refractivity contribution in [2.24, 2.45) is 0 Å². The summed E-state index contributed by atoms with van der Waals surface area (Å²) in [6, 6.07) is 9.91. The molecule has 9 nitrogen and oxygen atoms in total. The second kappa shape index (κ2) is 9.45. The predicted molar refractivity (Wildman–Crippen MR) is 104 cm³/mol. The van der Waals surface area contributed by atoms with Gasteiger partial charge in [-0.1, -0.05) is 0 Å². The molecule has 29 heavy (non-hydrogen) atoms. The Morgan fingerprint density at radius 3 is 2.28 bits per heavy atom. The number of amides is 1. The summed E-state index contributed by atoms with van der Waals surface area (Å²) in [4.78, 5) is 46.3. The number of ketones is 1. The fraction of sp³-hybridized carbons (Fsp3) is 0.250. The van der Waals surface area contributed by atoms with E-state index >= 15 is 0 Å². The number of nitro benzene ring substituents is 1. The number of esters is 1. The van der Waals surface area contributed by atoms with Crippen molar-refractivity contribution in [3.05, 3.63) is 63.7 Å². The second-order valence-electron chi connectivity index (χ2n) is 6.04. The van der Waals surface area contributed by atoms with Gasteiger partial charge in [0.15, 0.2) is 17.6 Å². The van der Waals surface area contributed by atoms with Crippen molar-refractivity contribution >= 4 is 29.0 Å². The van der Waals surface area contributed by atoms with Crippen molar-refractivity contribution in [1.82, 2.24) is 0 Å². The van der Waals surface area contributed by atoms with Crippen LogP contribution in [0.25, 0.3) is 0 Å². The van der Waals surface area contributed by atoms with Crippen LogP contribution < -0.4 is 10.1 Å². The van der Waals surface area contributed by atoms with E-state index in [1.807, 2.05) is 0 Å². The normalized spacial score (nSPS) is 11.3. The van der Waals surface area contributed by atoms with Gasteiger partial charge in [-0.2, -0.15) is 0 Å². The topological polar surface area (TPSA) is 125 Å². The maximum Gasteiger partial charge on any atom is 0.339 e. The monoisotopic (exact) mass is 400 g/mol. The molecule has 0 radical (unpaired) electrons. The molecule has 0 saturated heterocycles. The molecule has 0 spiro atoms. The lowest BCUT2D eigenvalue weighted by atomic mass is 10.1. The molecule has 0 unspecified atom stereocenters. The first kappa shape index (κ1) is 21.5. The molecule has 2 rings (SSSR count). The van der Waals surface area contributed by atoms with Crippen LogP contribution in [-0.2, 0) is 9.53 Å². The first-order chi connectivity index (χ1) is 13.7. The number of nitro groups is 1. The average Bonchev–Trinajstić information content (AvgIpc) is 2.68. The molecule has 0 aliphatic carbocycles. The van der Waals surface area contributed by atoms with Crippen LogP contribution in [0.5, 0.6) is 5.75 Å². The van der Waals surface area contributed by atoms with E-state index in [0.717, 1.165) is 6.07 Å². The Morgan fingerprint density at radius 2 is 1.72 bits per heavy atom. The summed E-state index contributed by atoms with van der Waals surface area (Å²) in [7, 11) is 0. The standard InChI is InChI=1S/C20H20N2O7/c1-4-28-18-10-7-15(11-17(18)22(26)27)20(25)29-13(3)19(24)21-16-8-5-14(6-9-16)12(2)23/h5-11,13H,4H2,1-3H3,(H,21,24)/t13-/m0/s1. The molecular formula is C20H20N2O7. The van der Waals surface area contributed by atoms with E-state index in [4.69, 9.17) is 9.47 Å². The molecule has 1 atom stereocenters. The van der Waals surface area contributed by atoms with E-state index in [0.29, 0.717) is 11.3 Å². The van der Waals surface area contributed by atoms with Crippen LogP contribution in [0, 0.1) is 10.1 Å². The van der Waals surface area contributed by atoms with E-state index in [1.54, 1.807) is 31.2 Å². The summed E-state index contributed by atoms with van der Waals surface area (Å²) in [6.07, 6.45) is -1.15. The van der Waals surface area contributed by atoms with E-state index in [-0.39, 0.29) is 29.4 Å². The number of rotatable bonds is 8. The molecule has 9 heteroatoms. The molecule has 152 valence electrons. The Balaban J connectivity index is 2.05. The van der Waals surface area contributed by atoms with Gasteiger partial charge in [0.05, 0.1) is 17.1 Å². The molecule has 0 heterocycles. The maximum atomic E-state index is 12.3. The van der Waals surface area contributed by atoms with Gasteiger partial charge in [0, 0.05) is 17.3 Å².